The SMILES string of the molecule is CC1(C)c2cccc3c2N2c4c1cccc4C(C)(C)c1cc(N(C4=CC=CC(c5ccccc5)C4)c4ccccc4)cc(c12)C3(C)C. The monoisotopic (exact) mass is 610 g/mol. The predicted octanol–water partition coefficient (Wildman–Crippen LogP) is 11.8. The van der Waals surface area contributed by atoms with Crippen molar-refractivity contribution in [3.63, 3.8) is 0 Å². The van der Waals surface area contributed by atoms with Gasteiger partial charge in [-0.05, 0) is 75.7 Å². The van der Waals surface area contributed by atoms with E-state index in [9.17, 15) is 0 Å². The van der Waals surface area contributed by atoms with Gasteiger partial charge in [-0.3, -0.25) is 0 Å². The average molecular weight is 611 g/mol. The van der Waals surface area contributed by atoms with E-state index in [2.05, 4.69) is 179 Å². The van der Waals surface area contributed by atoms with Gasteiger partial charge in [-0.1, -0.05) is 139 Å². The zero-order valence-corrected chi connectivity index (χ0v) is 28.3. The summed E-state index contributed by atoms with van der Waals surface area (Å²) in [6, 6.07) is 41.0. The molecule has 47 heavy (non-hydrogen) atoms. The summed E-state index contributed by atoms with van der Waals surface area (Å²) in [5.74, 6) is 0.332. The van der Waals surface area contributed by atoms with Crippen molar-refractivity contribution in [3.8, 4) is 0 Å². The molecule has 0 saturated heterocycles. The third-order valence-electron chi connectivity index (χ3n) is 11.7. The molecule has 3 heterocycles. The Morgan fingerprint density at radius 3 is 1.53 bits per heavy atom. The number of hydrogen-bond donors (Lipinski definition) is 0. The Hall–Kier alpha value is -4.82. The van der Waals surface area contributed by atoms with Crippen LogP contribution in [0.15, 0.2) is 133 Å². The molecule has 2 nitrogen and oxygen atoms in total. The van der Waals surface area contributed by atoms with Crippen LogP contribution in [0.3, 0.4) is 0 Å². The van der Waals surface area contributed by atoms with Gasteiger partial charge in [0, 0.05) is 39.2 Å². The predicted molar refractivity (Wildman–Crippen MR) is 197 cm³/mol. The molecule has 232 valence electrons. The van der Waals surface area contributed by atoms with Crippen molar-refractivity contribution in [1.82, 2.24) is 0 Å². The van der Waals surface area contributed by atoms with Crippen LogP contribution >= 0.6 is 0 Å². The Labute approximate surface area is 279 Å². The van der Waals surface area contributed by atoms with E-state index >= 15 is 0 Å². The van der Waals surface area contributed by atoms with Crippen molar-refractivity contribution < 1.29 is 0 Å². The normalized spacial score (nSPS) is 19.9. The van der Waals surface area contributed by atoms with Crippen LogP contribution in [-0.2, 0) is 16.2 Å². The summed E-state index contributed by atoms with van der Waals surface area (Å²) in [5.41, 5.74) is 17.3. The summed E-state index contributed by atoms with van der Waals surface area (Å²) in [5, 5.41) is 0. The van der Waals surface area contributed by atoms with Crippen LogP contribution in [-0.4, -0.2) is 0 Å². The summed E-state index contributed by atoms with van der Waals surface area (Å²) in [4.78, 5) is 5.19. The van der Waals surface area contributed by atoms with Crippen LogP contribution in [0, 0.1) is 0 Å². The van der Waals surface area contributed by atoms with Crippen LogP contribution in [0.5, 0.6) is 0 Å². The zero-order chi connectivity index (χ0) is 32.3. The fourth-order valence-corrected chi connectivity index (χ4v) is 9.11. The summed E-state index contributed by atoms with van der Waals surface area (Å²) in [7, 11) is 0. The van der Waals surface area contributed by atoms with Crippen molar-refractivity contribution >= 4 is 28.4 Å². The first kappa shape index (κ1) is 28.4. The van der Waals surface area contributed by atoms with Crippen molar-refractivity contribution in [2.75, 3.05) is 9.80 Å². The second-order valence-corrected chi connectivity index (χ2v) is 15.4. The Bertz CT molecular complexity index is 2060. The lowest BCUT2D eigenvalue weighted by Crippen LogP contribution is -2.43. The molecule has 5 aromatic carbocycles. The summed E-state index contributed by atoms with van der Waals surface area (Å²) in [6.45, 7) is 14.6. The highest BCUT2D eigenvalue weighted by atomic mass is 15.2. The third kappa shape index (κ3) is 3.79. The highest BCUT2D eigenvalue weighted by Gasteiger charge is 2.51. The number of hydrogen-bond acceptors (Lipinski definition) is 2. The van der Waals surface area contributed by atoms with E-state index in [4.69, 9.17) is 0 Å². The zero-order valence-electron chi connectivity index (χ0n) is 28.3. The van der Waals surface area contributed by atoms with Crippen molar-refractivity contribution in [3.05, 3.63) is 172 Å². The first-order valence-corrected chi connectivity index (χ1v) is 17.1. The molecule has 0 N–H and O–H groups in total. The van der Waals surface area contributed by atoms with Crippen LogP contribution in [0.4, 0.5) is 28.4 Å². The van der Waals surface area contributed by atoms with Crippen molar-refractivity contribution in [2.24, 2.45) is 0 Å². The van der Waals surface area contributed by atoms with Gasteiger partial charge in [0.2, 0.25) is 0 Å². The number of anilines is 5. The fraction of sp³-hybridized carbons (Fsp3) is 0.244. The lowest BCUT2D eigenvalue weighted by molar-refractivity contribution is 0.566. The van der Waals surface area contributed by atoms with Gasteiger partial charge >= 0.3 is 0 Å². The van der Waals surface area contributed by atoms with Gasteiger partial charge in [0.05, 0.1) is 17.1 Å². The molecular weight excluding hydrogens is 569 g/mol. The summed E-state index contributed by atoms with van der Waals surface area (Å²) >= 11 is 0. The minimum Gasteiger partial charge on any atom is -0.314 e. The first-order chi connectivity index (χ1) is 22.6. The molecule has 0 spiro atoms. The molecule has 3 aliphatic heterocycles. The number of nitrogens with zero attached hydrogens (tertiary/aromatic N) is 2. The molecule has 2 heteroatoms. The number of benzene rings is 5. The highest BCUT2D eigenvalue weighted by Crippen LogP contribution is 2.66. The topological polar surface area (TPSA) is 6.48 Å². The molecule has 1 unspecified atom stereocenters. The van der Waals surface area contributed by atoms with Gasteiger partial charge in [-0.2, -0.15) is 0 Å². The number of rotatable bonds is 4. The van der Waals surface area contributed by atoms with Crippen molar-refractivity contribution in [1.29, 1.82) is 0 Å². The highest BCUT2D eigenvalue weighted by molar-refractivity contribution is 5.99. The smallest absolute Gasteiger partial charge is 0.0545 e. The Morgan fingerprint density at radius 2 is 1.00 bits per heavy atom. The molecule has 1 aliphatic carbocycles. The summed E-state index contributed by atoms with van der Waals surface area (Å²) < 4.78 is 0. The van der Waals surface area contributed by atoms with E-state index in [-0.39, 0.29) is 16.2 Å². The molecular formula is C45H42N2. The quantitative estimate of drug-likeness (QED) is 0.200. The average Bonchev–Trinajstić information content (AvgIpc) is 3.08. The van der Waals surface area contributed by atoms with Gasteiger partial charge < -0.3 is 9.80 Å². The Kier molecular flexibility index (Phi) is 5.81. The Balaban J connectivity index is 1.31. The standard InChI is InChI=1S/C45H42N2/c1-43(2)34-22-14-24-36-40(34)47-41-35(43)23-15-25-37(41)45(5,6)39-28-33(27-38(42(39)47)44(36,3)4)46(31-19-11-8-12-20-31)32-21-13-18-30(26-32)29-16-9-7-10-17-29/h7-25,27-28,30H,26H2,1-6H3. The number of allylic oxidation sites excluding steroid dienone is 4. The minimum absolute atomic E-state index is 0.0886. The van der Waals surface area contributed by atoms with Crippen LogP contribution in [0.2, 0.25) is 0 Å². The van der Waals surface area contributed by atoms with Gasteiger partial charge in [0.15, 0.2) is 0 Å². The molecule has 0 aromatic heterocycles. The first-order valence-electron chi connectivity index (χ1n) is 17.1. The van der Waals surface area contributed by atoms with Crippen LogP contribution in [0.25, 0.3) is 0 Å². The largest absolute Gasteiger partial charge is 0.314 e. The second kappa shape index (κ2) is 9.61. The molecule has 0 radical (unpaired) electrons. The maximum absolute atomic E-state index is 2.66. The van der Waals surface area contributed by atoms with E-state index in [1.54, 1.807) is 0 Å². The fourth-order valence-electron chi connectivity index (χ4n) is 9.11. The third-order valence-corrected chi connectivity index (χ3v) is 11.7. The van der Waals surface area contributed by atoms with E-state index in [0.717, 1.165) is 6.42 Å². The second-order valence-electron chi connectivity index (χ2n) is 15.4. The molecule has 5 aromatic rings. The number of para-hydroxylation sites is 3. The van der Waals surface area contributed by atoms with Gasteiger partial charge in [-0.25, -0.2) is 0 Å². The van der Waals surface area contributed by atoms with Crippen LogP contribution < -0.4 is 9.80 Å². The maximum atomic E-state index is 2.66. The van der Waals surface area contributed by atoms with E-state index in [1.807, 2.05) is 0 Å². The van der Waals surface area contributed by atoms with E-state index < -0.39 is 0 Å². The van der Waals surface area contributed by atoms with Gasteiger partial charge in [0.25, 0.3) is 0 Å². The van der Waals surface area contributed by atoms with E-state index in [1.165, 1.54) is 73.1 Å². The molecule has 0 amide bonds. The van der Waals surface area contributed by atoms with Crippen LogP contribution in [0.1, 0.15) is 92.8 Å². The van der Waals surface area contributed by atoms with Gasteiger partial charge in [-0.15, -0.1) is 0 Å². The van der Waals surface area contributed by atoms with Crippen molar-refractivity contribution in [2.45, 2.75) is 70.1 Å². The molecule has 9 rings (SSSR count). The Morgan fingerprint density at radius 1 is 0.532 bits per heavy atom. The minimum atomic E-state index is -0.187. The maximum Gasteiger partial charge on any atom is 0.0545 e. The molecule has 0 bridgehead atoms. The molecule has 4 aliphatic rings. The molecule has 0 fully saturated rings. The molecule has 1 atom stereocenters. The van der Waals surface area contributed by atoms with E-state index in [0.29, 0.717) is 5.92 Å². The lowest BCUT2D eigenvalue weighted by Gasteiger charge is -2.55. The molecule has 0 saturated carbocycles. The van der Waals surface area contributed by atoms with Gasteiger partial charge in [0.1, 0.15) is 0 Å². The summed E-state index contributed by atoms with van der Waals surface area (Å²) in [6.07, 6.45) is 7.87. The lowest BCUT2D eigenvalue weighted by atomic mass is 9.61.